The molecular weight excluding hydrogens is 356 g/mol. The zero-order chi connectivity index (χ0) is 19.9. The maximum Gasteiger partial charge on any atom is 0.223 e. The molecule has 146 valence electrons. The number of ether oxygens (including phenoxy) is 1. The summed E-state index contributed by atoms with van der Waals surface area (Å²) >= 11 is 0. The number of nitrogens with two attached hydrogens (primary N) is 1. The normalized spacial score (nSPS) is 16.4. The van der Waals surface area contributed by atoms with Gasteiger partial charge in [0.15, 0.2) is 5.78 Å². The van der Waals surface area contributed by atoms with E-state index in [4.69, 9.17) is 10.5 Å². The standard InChI is InChI=1S/C22H24N2O4/c23-20(25)12-13-21(26)24-14-4-5-17(15-24)22(27)16-8-10-19(11-9-16)28-18-6-2-1-3-7-18/h1-3,6-11,17H,4-5,12-15H2,(H2,23,25). The van der Waals surface area contributed by atoms with Crippen LogP contribution in [0.25, 0.3) is 0 Å². The van der Waals surface area contributed by atoms with Crippen LogP contribution in [0.5, 0.6) is 11.5 Å². The Kier molecular flexibility index (Phi) is 6.42. The molecule has 0 aromatic heterocycles. The molecule has 28 heavy (non-hydrogen) atoms. The fourth-order valence-corrected chi connectivity index (χ4v) is 3.35. The van der Waals surface area contributed by atoms with Gasteiger partial charge in [0, 0.05) is 37.4 Å². The number of para-hydroxylation sites is 1. The molecule has 0 bridgehead atoms. The predicted octanol–water partition coefficient (Wildman–Crippen LogP) is 3.17. The number of nitrogens with zero attached hydrogens (tertiary/aromatic N) is 1. The monoisotopic (exact) mass is 380 g/mol. The number of likely N-dealkylation sites (tertiary alicyclic amines) is 1. The number of piperidine rings is 1. The summed E-state index contributed by atoms with van der Waals surface area (Å²) in [5, 5.41) is 0. The summed E-state index contributed by atoms with van der Waals surface area (Å²) in [6.45, 7) is 1.00. The molecule has 1 aliphatic heterocycles. The molecule has 1 unspecified atom stereocenters. The molecule has 1 atom stereocenters. The average Bonchev–Trinajstić information content (AvgIpc) is 2.73. The first-order valence-corrected chi connectivity index (χ1v) is 9.46. The van der Waals surface area contributed by atoms with Gasteiger partial charge in [0.1, 0.15) is 11.5 Å². The van der Waals surface area contributed by atoms with Gasteiger partial charge < -0.3 is 15.4 Å². The van der Waals surface area contributed by atoms with Gasteiger partial charge in [0.2, 0.25) is 11.8 Å². The minimum Gasteiger partial charge on any atom is -0.457 e. The van der Waals surface area contributed by atoms with Gasteiger partial charge in [-0.15, -0.1) is 0 Å². The van der Waals surface area contributed by atoms with E-state index in [1.165, 1.54) is 0 Å². The summed E-state index contributed by atoms with van der Waals surface area (Å²) in [6, 6.07) is 16.5. The first-order valence-electron chi connectivity index (χ1n) is 9.46. The maximum atomic E-state index is 12.9. The van der Waals surface area contributed by atoms with Crippen LogP contribution < -0.4 is 10.5 Å². The highest BCUT2D eigenvalue weighted by Gasteiger charge is 2.29. The van der Waals surface area contributed by atoms with E-state index in [2.05, 4.69) is 0 Å². The van der Waals surface area contributed by atoms with Crippen LogP contribution in [0.15, 0.2) is 54.6 Å². The number of primary amides is 1. The van der Waals surface area contributed by atoms with Gasteiger partial charge in [-0.25, -0.2) is 0 Å². The Bertz CT molecular complexity index is 833. The van der Waals surface area contributed by atoms with Gasteiger partial charge in [-0.2, -0.15) is 0 Å². The molecule has 2 N–H and O–H groups in total. The van der Waals surface area contributed by atoms with Crippen molar-refractivity contribution in [1.82, 2.24) is 4.90 Å². The first kappa shape index (κ1) is 19.6. The number of benzene rings is 2. The lowest BCUT2D eigenvalue weighted by molar-refractivity contribution is -0.134. The van der Waals surface area contributed by atoms with Crippen molar-refractivity contribution < 1.29 is 19.1 Å². The topological polar surface area (TPSA) is 89.7 Å². The number of hydrogen-bond acceptors (Lipinski definition) is 4. The quantitative estimate of drug-likeness (QED) is 0.747. The molecule has 6 nitrogen and oxygen atoms in total. The van der Waals surface area contributed by atoms with Crippen molar-refractivity contribution in [2.75, 3.05) is 13.1 Å². The Morgan fingerprint density at radius 1 is 0.964 bits per heavy atom. The molecule has 2 aromatic rings. The van der Waals surface area contributed by atoms with E-state index in [0.717, 1.165) is 18.6 Å². The summed E-state index contributed by atoms with van der Waals surface area (Å²) < 4.78 is 5.75. The van der Waals surface area contributed by atoms with Crippen molar-refractivity contribution >= 4 is 17.6 Å². The molecular formula is C22H24N2O4. The van der Waals surface area contributed by atoms with Crippen molar-refractivity contribution in [2.24, 2.45) is 11.7 Å². The zero-order valence-electron chi connectivity index (χ0n) is 15.7. The molecule has 0 aliphatic carbocycles. The lowest BCUT2D eigenvalue weighted by atomic mass is 9.90. The second-order valence-electron chi connectivity index (χ2n) is 6.95. The van der Waals surface area contributed by atoms with Crippen LogP contribution in [-0.4, -0.2) is 35.6 Å². The number of Topliss-reactive ketones (excluding diaryl/α,β-unsaturated/α-hetero) is 1. The van der Waals surface area contributed by atoms with Crippen LogP contribution in [-0.2, 0) is 9.59 Å². The van der Waals surface area contributed by atoms with Crippen molar-refractivity contribution in [2.45, 2.75) is 25.7 Å². The maximum absolute atomic E-state index is 12.9. The van der Waals surface area contributed by atoms with Crippen LogP contribution in [0, 0.1) is 5.92 Å². The molecule has 1 saturated heterocycles. The lowest BCUT2D eigenvalue weighted by Gasteiger charge is -2.32. The van der Waals surface area contributed by atoms with Crippen LogP contribution in [0.4, 0.5) is 0 Å². The third-order valence-corrected chi connectivity index (χ3v) is 4.85. The number of amides is 2. The number of hydrogen-bond donors (Lipinski definition) is 1. The highest BCUT2D eigenvalue weighted by Crippen LogP contribution is 2.25. The van der Waals surface area contributed by atoms with Crippen molar-refractivity contribution in [3.8, 4) is 11.5 Å². The third kappa shape index (κ3) is 5.19. The molecule has 2 aromatic carbocycles. The highest BCUT2D eigenvalue weighted by molar-refractivity contribution is 5.98. The summed E-state index contributed by atoms with van der Waals surface area (Å²) in [6.07, 6.45) is 1.66. The largest absolute Gasteiger partial charge is 0.457 e. The zero-order valence-corrected chi connectivity index (χ0v) is 15.7. The van der Waals surface area contributed by atoms with Crippen LogP contribution in [0.3, 0.4) is 0 Å². The summed E-state index contributed by atoms with van der Waals surface area (Å²) in [5.74, 6) is 0.582. The molecule has 0 saturated carbocycles. The van der Waals surface area contributed by atoms with Crippen LogP contribution in [0.1, 0.15) is 36.0 Å². The molecule has 0 radical (unpaired) electrons. The van der Waals surface area contributed by atoms with Gasteiger partial charge in [-0.05, 0) is 49.2 Å². The number of carbonyl (C=O) groups excluding carboxylic acids is 3. The van der Waals surface area contributed by atoms with Crippen LogP contribution in [0.2, 0.25) is 0 Å². The second-order valence-corrected chi connectivity index (χ2v) is 6.95. The molecule has 1 aliphatic rings. The summed E-state index contributed by atoms with van der Waals surface area (Å²) in [4.78, 5) is 37.6. The molecule has 0 spiro atoms. The van der Waals surface area contributed by atoms with E-state index in [1.807, 2.05) is 30.3 Å². The SMILES string of the molecule is NC(=O)CCC(=O)N1CCCC(C(=O)c2ccc(Oc3ccccc3)cc2)C1. The number of ketones is 1. The summed E-state index contributed by atoms with van der Waals surface area (Å²) in [7, 11) is 0. The van der Waals surface area contributed by atoms with E-state index in [9.17, 15) is 14.4 Å². The number of carbonyl (C=O) groups is 3. The van der Waals surface area contributed by atoms with E-state index < -0.39 is 5.91 Å². The van der Waals surface area contributed by atoms with Gasteiger partial charge in [-0.3, -0.25) is 14.4 Å². The Hall–Kier alpha value is -3.15. The third-order valence-electron chi connectivity index (χ3n) is 4.85. The summed E-state index contributed by atoms with van der Waals surface area (Å²) in [5.41, 5.74) is 5.72. The smallest absolute Gasteiger partial charge is 0.223 e. The van der Waals surface area contributed by atoms with Crippen molar-refractivity contribution in [1.29, 1.82) is 0 Å². The van der Waals surface area contributed by atoms with Gasteiger partial charge in [0.05, 0.1) is 0 Å². The number of rotatable bonds is 7. The molecule has 1 fully saturated rings. The first-order chi connectivity index (χ1) is 13.5. The predicted molar refractivity (Wildman–Crippen MR) is 105 cm³/mol. The Balaban J connectivity index is 1.59. The highest BCUT2D eigenvalue weighted by atomic mass is 16.5. The molecule has 1 heterocycles. The van der Waals surface area contributed by atoms with Gasteiger partial charge >= 0.3 is 0 Å². The minimum absolute atomic E-state index is 0.0265. The molecule has 2 amide bonds. The average molecular weight is 380 g/mol. The van der Waals surface area contributed by atoms with E-state index >= 15 is 0 Å². The second kappa shape index (κ2) is 9.17. The molecule has 3 rings (SSSR count). The van der Waals surface area contributed by atoms with E-state index in [0.29, 0.717) is 24.4 Å². The fourth-order valence-electron chi connectivity index (χ4n) is 3.35. The minimum atomic E-state index is -0.490. The lowest BCUT2D eigenvalue weighted by Crippen LogP contribution is -2.42. The van der Waals surface area contributed by atoms with E-state index in [-0.39, 0.29) is 30.4 Å². The van der Waals surface area contributed by atoms with Crippen molar-refractivity contribution in [3.63, 3.8) is 0 Å². The fraction of sp³-hybridized carbons (Fsp3) is 0.318. The Morgan fingerprint density at radius 2 is 1.64 bits per heavy atom. The van der Waals surface area contributed by atoms with Gasteiger partial charge in [0.25, 0.3) is 0 Å². The molecule has 6 heteroatoms. The van der Waals surface area contributed by atoms with Crippen LogP contribution >= 0.6 is 0 Å². The Labute approximate surface area is 164 Å². The van der Waals surface area contributed by atoms with E-state index in [1.54, 1.807) is 29.2 Å². The van der Waals surface area contributed by atoms with Crippen molar-refractivity contribution in [3.05, 3.63) is 60.2 Å². The Morgan fingerprint density at radius 3 is 2.32 bits per heavy atom. The van der Waals surface area contributed by atoms with Gasteiger partial charge in [-0.1, -0.05) is 18.2 Å².